The summed E-state index contributed by atoms with van der Waals surface area (Å²) >= 11 is 0. The van der Waals surface area contributed by atoms with Gasteiger partial charge in [0.1, 0.15) is 5.82 Å². The molecule has 0 radical (unpaired) electrons. The third kappa shape index (κ3) is 3.15. The Morgan fingerprint density at radius 2 is 1.89 bits per heavy atom. The van der Waals surface area contributed by atoms with Crippen LogP contribution >= 0.6 is 0 Å². The summed E-state index contributed by atoms with van der Waals surface area (Å²) in [6.45, 7) is 7.16. The van der Waals surface area contributed by atoms with Gasteiger partial charge in [-0.15, -0.1) is 0 Å². The minimum absolute atomic E-state index is 0.0834. The molecule has 0 N–H and O–H groups in total. The van der Waals surface area contributed by atoms with E-state index in [0.29, 0.717) is 18.0 Å². The second kappa shape index (κ2) is 6.73. The van der Waals surface area contributed by atoms with E-state index >= 15 is 0 Å². The molecule has 0 saturated carbocycles. The van der Waals surface area contributed by atoms with E-state index in [9.17, 15) is 8.42 Å². The third-order valence-corrected chi connectivity index (χ3v) is 7.09. The molecule has 0 aliphatic carbocycles. The largest absolute Gasteiger partial charge is 0.324 e. The highest BCUT2D eigenvalue weighted by Crippen LogP contribution is 2.34. The minimum Gasteiger partial charge on any atom is -0.324 e. The number of benzene rings is 1. The van der Waals surface area contributed by atoms with Gasteiger partial charge in [-0.3, -0.25) is 4.98 Å². The quantitative estimate of drug-likeness (QED) is 0.690. The predicted molar refractivity (Wildman–Crippen MR) is 105 cm³/mol. The number of fused-ring (bicyclic) bond motifs is 1. The Kier molecular flexibility index (Phi) is 4.52. The highest BCUT2D eigenvalue weighted by atomic mass is 32.2. The number of aromatic nitrogens is 3. The second-order valence-corrected chi connectivity index (χ2v) is 9.40. The number of hydrogen-bond acceptors (Lipinski definition) is 4. The van der Waals surface area contributed by atoms with Crippen LogP contribution in [0.25, 0.3) is 11.0 Å². The fraction of sp³-hybridized carbons (Fsp3) is 0.400. The highest BCUT2D eigenvalue weighted by molar-refractivity contribution is 7.89. The van der Waals surface area contributed by atoms with Crippen LogP contribution in [-0.4, -0.2) is 40.3 Å². The molecule has 3 aromatic rings. The van der Waals surface area contributed by atoms with E-state index in [1.807, 2.05) is 31.3 Å². The molecule has 0 spiro atoms. The maximum absolute atomic E-state index is 13.0. The zero-order chi connectivity index (χ0) is 19.2. The summed E-state index contributed by atoms with van der Waals surface area (Å²) in [5.41, 5.74) is 2.96. The Morgan fingerprint density at radius 3 is 2.59 bits per heavy atom. The molecule has 0 bridgehead atoms. The van der Waals surface area contributed by atoms with Crippen LogP contribution in [0.4, 0.5) is 0 Å². The maximum atomic E-state index is 13.0. The molecule has 1 atom stereocenters. The Bertz CT molecular complexity index is 1070. The van der Waals surface area contributed by atoms with Crippen molar-refractivity contribution in [2.24, 2.45) is 0 Å². The molecular weight excluding hydrogens is 360 g/mol. The molecule has 6 nitrogen and oxygen atoms in total. The van der Waals surface area contributed by atoms with Crippen molar-refractivity contribution in [2.75, 3.05) is 13.1 Å². The summed E-state index contributed by atoms with van der Waals surface area (Å²) in [7, 11) is -3.48. The molecule has 1 fully saturated rings. The van der Waals surface area contributed by atoms with Crippen LogP contribution in [0.15, 0.2) is 47.6 Å². The van der Waals surface area contributed by atoms with Crippen molar-refractivity contribution in [3.05, 3.63) is 54.1 Å². The van der Waals surface area contributed by atoms with E-state index in [1.54, 1.807) is 22.6 Å². The molecule has 1 unspecified atom stereocenters. The van der Waals surface area contributed by atoms with Gasteiger partial charge in [-0.1, -0.05) is 17.7 Å². The number of hydrogen-bond donors (Lipinski definition) is 0. The summed E-state index contributed by atoms with van der Waals surface area (Å²) in [5.74, 6) is 1.04. The zero-order valence-corrected chi connectivity index (χ0v) is 16.6. The van der Waals surface area contributed by atoms with Crippen molar-refractivity contribution in [1.29, 1.82) is 0 Å². The van der Waals surface area contributed by atoms with Crippen molar-refractivity contribution in [2.45, 2.75) is 44.0 Å². The van der Waals surface area contributed by atoms with E-state index < -0.39 is 10.0 Å². The predicted octanol–water partition coefficient (Wildman–Crippen LogP) is 3.50. The molecule has 1 aliphatic rings. The van der Waals surface area contributed by atoms with Crippen LogP contribution in [-0.2, 0) is 10.0 Å². The number of imidazole rings is 1. The van der Waals surface area contributed by atoms with Gasteiger partial charge in [0.25, 0.3) is 0 Å². The lowest BCUT2D eigenvalue weighted by Gasteiger charge is -2.19. The van der Waals surface area contributed by atoms with Crippen molar-refractivity contribution >= 4 is 21.1 Å². The summed E-state index contributed by atoms with van der Waals surface area (Å²) < 4.78 is 29.8. The van der Waals surface area contributed by atoms with E-state index in [4.69, 9.17) is 4.98 Å². The first-order chi connectivity index (χ1) is 12.9. The Morgan fingerprint density at radius 1 is 1.15 bits per heavy atom. The van der Waals surface area contributed by atoms with Crippen LogP contribution in [0.2, 0.25) is 0 Å². The molecule has 1 aromatic carbocycles. The first-order valence-electron chi connectivity index (χ1n) is 9.26. The number of sulfonamides is 1. The van der Waals surface area contributed by atoms with Gasteiger partial charge in [0.15, 0.2) is 0 Å². The van der Waals surface area contributed by atoms with Gasteiger partial charge < -0.3 is 4.57 Å². The Labute approximate surface area is 159 Å². The molecular formula is C20H24N4O2S. The lowest BCUT2D eigenvalue weighted by Crippen LogP contribution is -2.29. The first kappa shape index (κ1) is 18.1. The summed E-state index contributed by atoms with van der Waals surface area (Å²) in [5, 5.41) is 0. The number of aryl methyl sites for hydroxylation is 1. The van der Waals surface area contributed by atoms with Crippen LogP contribution in [0, 0.1) is 6.92 Å². The fourth-order valence-corrected chi connectivity index (χ4v) is 5.31. The first-order valence-corrected chi connectivity index (χ1v) is 10.7. The summed E-state index contributed by atoms with van der Waals surface area (Å²) in [6, 6.07) is 9.20. The smallest absolute Gasteiger partial charge is 0.243 e. The topological polar surface area (TPSA) is 68.1 Å². The Balaban J connectivity index is 1.66. The van der Waals surface area contributed by atoms with Gasteiger partial charge >= 0.3 is 0 Å². The van der Waals surface area contributed by atoms with Crippen LogP contribution in [0.5, 0.6) is 0 Å². The van der Waals surface area contributed by atoms with Crippen molar-refractivity contribution < 1.29 is 8.42 Å². The lowest BCUT2D eigenvalue weighted by molar-refractivity contribution is 0.466. The van der Waals surface area contributed by atoms with Gasteiger partial charge in [0.05, 0.1) is 22.1 Å². The van der Waals surface area contributed by atoms with Crippen LogP contribution < -0.4 is 0 Å². The maximum Gasteiger partial charge on any atom is 0.243 e. The fourth-order valence-electron chi connectivity index (χ4n) is 3.81. The van der Waals surface area contributed by atoms with Crippen LogP contribution in [0.3, 0.4) is 0 Å². The average Bonchev–Trinajstić information content (AvgIpc) is 3.27. The van der Waals surface area contributed by atoms with Gasteiger partial charge in [0, 0.05) is 31.2 Å². The summed E-state index contributed by atoms with van der Waals surface area (Å²) in [4.78, 5) is 9.40. The average molecular weight is 385 g/mol. The molecule has 0 amide bonds. The SMILES string of the molecule is Cc1ccc(S(=O)(=O)N2CCC(c3nc4ccncc4n3C(C)C)C2)cc1. The van der Waals surface area contributed by atoms with E-state index in [2.05, 4.69) is 23.4 Å². The van der Waals surface area contributed by atoms with E-state index in [1.165, 1.54) is 0 Å². The summed E-state index contributed by atoms with van der Waals surface area (Å²) in [6.07, 6.45) is 4.35. The standard InChI is InChI=1S/C20H24N4O2S/c1-14(2)24-19-12-21-10-8-18(19)22-20(24)16-9-11-23(13-16)27(25,26)17-6-4-15(3)5-7-17/h4-8,10,12,14,16H,9,11,13H2,1-3H3. The zero-order valence-electron chi connectivity index (χ0n) is 15.8. The molecule has 142 valence electrons. The van der Waals surface area contributed by atoms with Crippen molar-refractivity contribution in [3.8, 4) is 0 Å². The lowest BCUT2D eigenvalue weighted by atomic mass is 10.1. The Hall–Kier alpha value is -2.25. The second-order valence-electron chi connectivity index (χ2n) is 7.46. The van der Waals surface area contributed by atoms with Gasteiger partial charge in [-0.2, -0.15) is 4.31 Å². The molecule has 1 saturated heterocycles. The van der Waals surface area contributed by atoms with Crippen molar-refractivity contribution in [3.63, 3.8) is 0 Å². The third-order valence-electron chi connectivity index (χ3n) is 5.21. The molecule has 4 rings (SSSR count). The van der Waals surface area contributed by atoms with Gasteiger partial charge in [-0.25, -0.2) is 13.4 Å². The number of nitrogens with zero attached hydrogens (tertiary/aromatic N) is 4. The monoisotopic (exact) mass is 384 g/mol. The van der Waals surface area contributed by atoms with Gasteiger partial charge in [-0.05, 0) is 45.4 Å². The number of pyridine rings is 1. The molecule has 2 aromatic heterocycles. The highest BCUT2D eigenvalue weighted by Gasteiger charge is 2.35. The van der Waals surface area contributed by atoms with E-state index in [-0.39, 0.29) is 12.0 Å². The van der Waals surface area contributed by atoms with E-state index in [0.717, 1.165) is 28.8 Å². The van der Waals surface area contributed by atoms with Gasteiger partial charge in [0.2, 0.25) is 10.0 Å². The van der Waals surface area contributed by atoms with Crippen molar-refractivity contribution in [1.82, 2.24) is 18.8 Å². The molecule has 1 aliphatic heterocycles. The van der Waals surface area contributed by atoms with Crippen LogP contribution in [0.1, 0.15) is 43.6 Å². The normalized spacial score (nSPS) is 18.6. The molecule has 3 heterocycles. The molecule has 27 heavy (non-hydrogen) atoms. The number of rotatable bonds is 4. The minimum atomic E-state index is -3.48. The molecule has 7 heteroatoms.